The predicted molar refractivity (Wildman–Crippen MR) is 88.1 cm³/mol. The molecule has 4 heterocycles. The number of aryl methyl sites for hydroxylation is 2. The van der Waals surface area contributed by atoms with Gasteiger partial charge < -0.3 is 9.42 Å². The van der Waals surface area contributed by atoms with Crippen molar-refractivity contribution in [3.63, 3.8) is 0 Å². The number of hydrogen-bond acceptors (Lipinski definition) is 7. The van der Waals surface area contributed by atoms with Crippen molar-refractivity contribution in [2.75, 3.05) is 18.0 Å². The normalized spacial score (nSPS) is 18.5. The Morgan fingerprint density at radius 3 is 2.96 bits per heavy atom. The summed E-state index contributed by atoms with van der Waals surface area (Å²) in [6, 6.07) is 0. The lowest BCUT2D eigenvalue weighted by molar-refractivity contribution is 0.367. The highest BCUT2D eigenvalue weighted by Crippen LogP contribution is 2.31. The van der Waals surface area contributed by atoms with E-state index in [0.717, 1.165) is 55.3 Å². The van der Waals surface area contributed by atoms with Gasteiger partial charge in [-0.2, -0.15) is 19.6 Å². The van der Waals surface area contributed by atoms with Crippen molar-refractivity contribution < 1.29 is 4.52 Å². The van der Waals surface area contributed by atoms with Crippen LogP contribution >= 0.6 is 0 Å². The van der Waals surface area contributed by atoms with Crippen molar-refractivity contribution in [3.8, 4) is 0 Å². The molecule has 0 N–H and O–H groups in total. The Morgan fingerprint density at radius 1 is 1.29 bits per heavy atom. The van der Waals surface area contributed by atoms with Crippen LogP contribution in [0.5, 0.6) is 0 Å². The number of hydrogen-bond donors (Lipinski definition) is 0. The van der Waals surface area contributed by atoms with E-state index in [0.29, 0.717) is 11.7 Å². The van der Waals surface area contributed by atoms with Crippen molar-refractivity contribution in [2.24, 2.45) is 0 Å². The Bertz CT molecular complexity index is 869. The molecule has 0 aliphatic carbocycles. The summed E-state index contributed by atoms with van der Waals surface area (Å²) in [7, 11) is 0. The van der Waals surface area contributed by atoms with Gasteiger partial charge in [0.1, 0.15) is 12.1 Å². The van der Waals surface area contributed by atoms with E-state index in [1.807, 2.05) is 18.4 Å². The molecule has 24 heavy (non-hydrogen) atoms. The van der Waals surface area contributed by atoms with Gasteiger partial charge in [-0.15, -0.1) is 0 Å². The van der Waals surface area contributed by atoms with Crippen LogP contribution in [-0.4, -0.2) is 42.8 Å². The van der Waals surface area contributed by atoms with Gasteiger partial charge in [-0.25, -0.2) is 4.98 Å². The molecule has 1 unspecified atom stereocenters. The molecule has 8 nitrogen and oxygen atoms in total. The maximum Gasteiger partial charge on any atom is 0.254 e. The summed E-state index contributed by atoms with van der Waals surface area (Å²) in [6.07, 6.45) is 4.48. The molecule has 1 atom stereocenters. The fraction of sp³-hybridized carbons (Fsp3) is 0.562. The van der Waals surface area contributed by atoms with Crippen LogP contribution in [0.25, 0.3) is 5.78 Å². The molecule has 0 amide bonds. The zero-order valence-corrected chi connectivity index (χ0v) is 14.2. The summed E-state index contributed by atoms with van der Waals surface area (Å²) in [5.74, 6) is 3.50. The average molecular weight is 327 g/mol. The largest absolute Gasteiger partial charge is 0.355 e. The minimum absolute atomic E-state index is 0.272. The lowest BCUT2D eigenvalue weighted by atomic mass is 9.97. The zero-order valence-electron chi connectivity index (χ0n) is 14.2. The van der Waals surface area contributed by atoms with Crippen LogP contribution in [-0.2, 0) is 6.42 Å². The first kappa shape index (κ1) is 15.0. The average Bonchev–Trinajstić information content (AvgIpc) is 3.25. The Morgan fingerprint density at radius 2 is 2.17 bits per heavy atom. The van der Waals surface area contributed by atoms with Crippen LogP contribution < -0.4 is 4.90 Å². The van der Waals surface area contributed by atoms with E-state index >= 15 is 0 Å². The van der Waals surface area contributed by atoms with Crippen LogP contribution in [0.3, 0.4) is 0 Å². The highest BCUT2D eigenvalue weighted by molar-refractivity contribution is 5.54. The van der Waals surface area contributed by atoms with E-state index in [1.165, 1.54) is 0 Å². The number of piperidine rings is 1. The number of rotatable bonds is 3. The molecule has 0 spiro atoms. The Kier molecular flexibility index (Phi) is 3.66. The first-order chi connectivity index (χ1) is 11.7. The van der Waals surface area contributed by atoms with E-state index in [4.69, 9.17) is 4.52 Å². The van der Waals surface area contributed by atoms with Gasteiger partial charge in [-0.1, -0.05) is 12.1 Å². The first-order valence-corrected chi connectivity index (χ1v) is 8.41. The zero-order chi connectivity index (χ0) is 16.7. The molecule has 0 radical (unpaired) electrons. The third-order valence-corrected chi connectivity index (χ3v) is 4.75. The molecule has 4 rings (SSSR count). The van der Waals surface area contributed by atoms with Crippen molar-refractivity contribution in [1.29, 1.82) is 0 Å². The second-order valence-corrected chi connectivity index (χ2v) is 6.30. The van der Waals surface area contributed by atoms with Crippen LogP contribution in [0.4, 0.5) is 5.82 Å². The van der Waals surface area contributed by atoms with Crippen molar-refractivity contribution in [3.05, 3.63) is 29.3 Å². The molecule has 3 aromatic rings. The Balaban J connectivity index is 1.69. The molecule has 1 aliphatic rings. The third-order valence-electron chi connectivity index (χ3n) is 4.75. The quantitative estimate of drug-likeness (QED) is 0.728. The van der Waals surface area contributed by atoms with Gasteiger partial charge in [-0.3, -0.25) is 0 Å². The molecule has 1 aliphatic heterocycles. The molecular formula is C16H21N7O. The van der Waals surface area contributed by atoms with Gasteiger partial charge in [0.2, 0.25) is 5.89 Å². The van der Waals surface area contributed by atoms with Crippen LogP contribution in [0, 0.1) is 13.8 Å². The van der Waals surface area contributed by atoms with Crippen molar-refractivity contribution in [2.45, 2.75) is 46.0 Å². The smallest absolute Gasteiger partial charge is 0.254 e. The molecule has 1 fully saturated rings. The minimum atomic E-state index is 0.272. The second kappa shape index (κ2) is 5.85. The van der Waals surface area contributed by atoms with Crippen molar-refractivity contribution in [1.82, 2.24) is 29.7 Å². The van der Waals surface area contributed by atoms with E-state index in [-0.39, 0.29) is 5.92 Å². The number of aromatic nitrogens is 6. The van der Waals surface area contributed by atoms with E-state index in [2.05, 4.69) is 37.0 Å². The molecule has 126 valence electrons. The fourth-order valence-corrected chi connectivity index (χ4v) is 3.34. The highest BCUT2D eigenvalue weighted by atomic mass is 16.5. The SMILES string of the molecule is CCc1nc(C2CCCN(c3c(C)c(C)nc4ncnn34)C2)no1. The summed E-state index contributed by atoms with van der Waals surface area (Å²) in [4.78, 5) is 15.6. The molecule has 8 heteroatoms. The monoisotopic (exact) mass is 327 g/mol. The van der Waals surface area contributed by atoms with Gasteiger partial charge in [0.15, 0.2) is 5.82 Å². The number of nitrogens with zero attached hydrogens (tertiary/aromatic N) is 7. The van der Waals surface area contributed by atoms with Gasteiger partial charge in [0.05, 0.1) is 0 Å². The van der Waals surface area contributed by atoms with Crippen LogP contribution in [0.1, 0.15) is 48.7 Å². The molecule has 1 saturated heterocycles. The van der Waals surface area contributed by atoms with Gasteiger partial charge >= 0.3 is 0 Å². The third kappa shape index (κ3) is 2.42. The highest BCUT2D eigenvalue weighted by Gasteiger charge is 2.28. The first-order valence-electron chi connectivity index (χ1n) is 8.41. The summed E-state index contributed by atoms with van der Waals surface area (Å²) >= 11 is 0. The number of fused-ring (bicyclic) bond motifs is 1. The predicted octanol–water partition coefficient (Wildman–Crippen LogP) is 2.07. The summed E-state index contributed by atoms with van der Waals surface area (Å²) in [6.45, 7) is 7.96. The van der Waals surface area contributed by atoms with Crippen LogP contribution in [0.15, 0.2) is 10.9 Å². The lowest BCUT2D eigenvalue weighted by Crippen LogP contribution is -2.36. The Labute approximate surface area is 139 Å². The van der Waals surface area contributed by atoms with E-state index in [1.54, 1.807) is 6.33 Å². The fourth-order valence-electron chi connectivity index (χ4n) is 3.34. The Hall–Kier alpha value is -2.51. The molecule has 3 aromatic heterocycles. The molecule has 0 aromatic carbocycles. The van der Waals surface area contributed by atoms with Crippen LogP contribution in [0.2, 0.25) is 0 Å². The summed E-state index contributed by atoms with van der Waals surface area (Å²) in [5.41, 5.74) is 2.12. The van der Waals surface area contributed by atoms with E-state index < -0.39 is 0 Å². The van der Waals surface area contributed by atoms with Gasteiger partial charge in [0.25, 0.3) is 5.78 Å². The topological polar surface area (TPSA) is 85.2 Å². The van der Waals surface area contributed by atoms with Crippen molar-refractivity contribution >= 4 is 11.6 Å². The molecule has 0 bridgehead atoms. The van der Waals surface area contributed by atoms with E-state index in [9.17, 15) is 0 Å². The molecule has 0 saturated carbocycles. The lowest BCUT2D eigenvalue weighted by Gasteiger charge is -2.34. The maximum absolute atomic E-state index is 5.29. The van der Waals surface area contributed by atoms with Gasteiger partial charge in [0, 0.05) is 36.7 Å². The maximum atomic E-state index is 5.29. The van der Waals surface area contributed by atoms with Gasteiger partial charge in [-0.05, 0) is 26.7 Å². The second-order valence-electron chi connectivity index (χ2n) is 6.30. The standard InChI is InChI=1S/C16H21N7O/c1-4-13-20-14(21-24-13)12-6-5-7-22(8-12)15-10(2)11(3)19-16-17-9-18-23(15)16/h9,12H,4-8H2,1-3H3. The minimum Gasteiger partial charge on any atom is -0.355 e. The number of anilines is 1. The summed E-state index contributed by atoms with van der Waals surface area (Å²) in [5, 5.41) is 8.53. The molecular weight excluding hydrogens is 306 g/mol. The summed E-state index contributed by atoms with van der Waals surface area (Å²) < 4.78 is 7.12.